The van der Waals surface area contributed by atoms with Gasteiger partial charge in [0.05, 0.1) is 17.9 Å². The molecule has 0 N–H and O–H groups in total. The van der Waals surface area contributed by atoms with Gasteiger partial charge in [-0.2, -0.15) is 0 Å². The lowest BCUT2D eigenvalue weighted by Gasteiger charge is -2.41. The van der Waals surface area contributed by atoms with Crippen molar-refractivity contribution in [3.8, 4) is 0 Å². The van der Waals surface area contributed by atoms with Gasteiger partial charge in [0.25, 0.3) is 0 Å². The molecule has 4 nitrogen and oxygen atoms in total. The van der Waals surface area contributed by atoms with Crippen LogP contribution in [-0.4, -0.2) is 18.0 Å². The highest BCUT2D eigenvalue weighted by molar-refractivity contribution is 5.99. The van der Waals surface area contributed by atoms with Gasteiger partial charge in [-0.1, -0.05) is 35.9 Å². The number of hydrogen-bond donors (Lipinski definition) is 0. The highest BCUT2D eigenvalue weighted by atomic mass is 16.6. The lowest BCUT2D eigenvalue weighted by atomic mass is 9.63. The Morgan fingerprint density at radius 3 is 2.54 bits per heavy atom. The fourth-order valence-corrected chi connectivity index (χ4v) is 5.00. The first kappa shape index (κ1) is 14.4. The maximum Gasteiger partial charge on any atom is 0.321 e. The fraction of sp³-hybridized carbons (Fsp3) is 0.500. The van der Waals surface area contributed by atoms with Gasteiger partial charge in [-0.25, -0.2) is 0 Å². The summed E-state index contributed by atoms with van der Waals surface area (Å²) < 4.78 is 11.5. The van der Waals surface area contributed by atoms with Crippen LogP contribution < -0.4 is 0 Å². The van der Waals surface area contributed by atoms with E-state index >= 15 is 0 Å². The molecule has 0 amide bonds. The number of fused-ring (bicyclic) bond motifs is 3. The average molecular weight is 324 g/mol. The highest BCUT2D eigenvalue weighted by Gasteiger charge is 2.64. The quantitative estimate of drug-likeness (QED) is 0.477. The molecule has 1 aromatic carbocycles. The number of cyclic esters (lactones) is 2. The molecule has 1 aromatic rings. The maximum absolute atomic E-state index is 12.5. The van der Waals surface area contributed by atoms with Crippen LogP contribution >= 0.6 is 0 Å². The summed E-state index contributed by atoms with van der Waals surface area (Å²) in [5.74, 6) is -1.15. The molecule has 124 valence electrons. The van der Waals surface area contributed by atoms with E-state index in [1.165, 1.54) is 0 Å². The summed E-state index contributed by atoms with van der Waals surface area (Å²) in [5, 5.41) is 0. The molecule has 0 radical (unpaired) electrons. The molecule has 5 atom stereocenters. The van der Waals surface area contributed by atoms with Gasteiger partial charge in [0, 0.05) is 5.92 Å². The molecule has 5 rings (SSSR count). The van der Waals surface area contributed by atoms with E-state index in [1.54, 1.807) is 0 Å². The van der Waals surface area contributed by atoms with Crippen molar-refractivity contribution in [2.24, 2.45) is 23.7 Å². The zero-order valence-electron chi connectivity index (χ0n) is 13.6. The molecule has 2 saturated heterocycles. The first-order valence-electron chi connectivity index (χ1n) is 8.81. The molecule has 2 heterocycles. The van der Waals surface area contributed by atoms with Crippen LogP contribution in [0.15, 0.2) is 42.0 Å². The number of benzene rings is 1. The van der Waals surface area contributed by atoms with Gasteiger partial charge in [-0.05, 0) is 43.7 Å². The fourth-order valence-electron chi connectivity index (χ4n) is 5.00. The minimum absolute atomic E-state index is 0.0404. The molecule has 0 bridgehead atoms. The zero-order chi connectivity index (χ0) is 16.5. The summed E-state index contributed by atoms with van der Waals surface area (Å²) in [6, 6.07) is 10.1. The van der Waals surface area contributed by atoms with E-state index in [0.29, 0.717) is 5.92 Å². The predicted octanol–water partition coefficient (Wildman–Crippen LogP) is 2.97. The monoisotopic (exact) mass is 324 g/mol. The van der Waals surface area contributed by atoms with E-state index < -0.39 is 11.5 Å². The van der Waals surface area contributed by atoms with Crippen LogP contribution in [0.25, 0.3) is 0 Å². The molecule has 2 aliphatic heterocycles. The predicted molar refractivity (Wildman–Crippen MR) is 85.7 cm³/mol. The Morgan fingerprint density at radius 2 is 1.83 bits per heavy atom. The number of esters is 2. The van der Waals surface area contributed by atoms with Gasteiger partial charge in [-0.15, -0.1) is 0 Å². The summed E-state index contributed by atoms with van der Waals surface area (Å²) in [7, 11) is 0. The summed E-state index contributed by atoms with van der Waals surface area (Å²) in [6.07, 6.45) is 5.17. The SMILES string of the molecule is C[C@@H]1C[C@@H]2[C@H]3C(=O)OC(=O)[C@H]3C(C3CC3)=C[C@]2(c2ccccc2)O1. The van der Waals surface area contributed by atoms with E-state index in [-0.39, 0.29) is 29.9 Å². The van der Waals surface area contributed by atoms with Crippen molar-refractivity contribution in [1.29, 1.82) is 0 Å². The minimum atomic E-state index is -0.608. The van der Waals surface area contributed by atoms with Crippen LogP contribution in [0.5, 0.6) is 0 Å². The molecule has 0 unspecified atom stereocenters. The van der Waals surface area contributed by atoms with Crippen molar-refractivity contribution in [3.63, 3.8) is 0 Å². The molecule has 4 heteroatoms. The Balaban J connectivity index is 1.73. The zero-order valence-corrected chi connectivity index (χ0v) is 13.6. The Morgan fingerprint density at radius 1 is 1.08 bits per heavy atom. The first-order valence-corrected chi connectivity index (χ1v) is 8.81. The van der Waals surface area contributed by atoms with Crippen LogP contribution in [0.3, 0.4) is 0 Å². The number of rotatable bonds is 2. The van der Waals surface area contributed by atoms with Gasteiger partial charge in [-0.3, -0.25) is 9.59 Å². The lowest BCUT2D eigenvalue weighted by molar-refractivity contribution is -0.154. The number of hydrogen-bond acceptors (Lipinski definition) is 4. The van der Waals surface area contributed by atoms with Crippen molar-refractivity contribution in [2.75, 3.05) is 0 Å². The molecule has 2 aliphatic carbocycles. The lowest BCUT2D eigenvalue weighted by Crippen LogP contribution is -2.44. The first-order chi connectivity index (χ1) is 11.6. The largest absolute Gasteiger partial charge is 0.392 e. The number of carbonyl (C=O) groups is 2. The Kier molecular flexibility index (Phi) is 2.88. The summed E-state index contributed by atoms with van der Waals surface area (Å²) in [6.45, 7) is 2.05. The second-order valence-corrected chi connectivity index (χ2v) is 7.59. The normalized spacial score (nSPS) is 40.8. The summed E-state index contributed by atoms with van der Waals surface area (Å²) >= 11 is 0. The Bertz CT molecular complexity index is 748. The van der Waals surface area contributed by atoms with Gasteiger partial charge < -0.3 is 9.47 Å². The standard InChI is InChI=1S/C20H20O4/c1-11-9-15-17-16(18(21)23-19(17)22)14(12-7-8-12)10-20(15,24-11)13-5-3-2-4-6-13/h2-6,10-12,15-17H,7-9H2,1H3/t11-,15-,16+,17-,20-/m1/s1. The molecule has 0 spiro atoms. The van der Waals surface area contributed by atoms with Crippen molar-refractivity contribution in [2.45, 2.75) is 37.9 Å². The smallest absolute Gasteiger partial charge is 0.321 e. The van der Waals surface area contributed by atoms with Crippen LogP contribution in [-0.2, 0) is 24.7 Å². The molecule has 4 aliphatic rings. The minimum Gasteiger partial charge on any atom is -0.392 e. The summed E-state index contributed by atoms with van der Waals surface area (Å²) in [5.41, 5.74) is 1.54. The third-order valence-corrected chi connectivity index (χ3v) is 6.07. The Hall–Kier alpha value is -1.94. The highest BCUT2D eigenvalue weighted by Crippen LogP contribution is 2.60. The third kappa shape index (κ3) is 1.83. The van der Waals surface area contributed by atoms with Crippen LogP contribution in [0.4, 0.5) is 0 Å². The van der Waals surface area contributed by atoms with Gasteiger partial charge in [0.2, 0.25) is 0 Å². The van der Waals surface area contributed by atoms with E-state index in [9.17, 15) is 9.59 Å². The van der Waals surface area contributed by atoms with Crippen molar-refractivity contribution >= 4 is 11.9 Å². The molecular formula is C20H20O4. The van der Waals surface area contributed by atoms with E-state index in [0.717, 1.165) is 30.4 Å². The Labute approximate surface area is 140 Å². The van der Waals surface area contributed by atoms with Crippen LogP contribution in [0.2, 0.25) is 0 Å². The van der Waals surface area contributed by atoms with Crippen molar-refractivity contribution in [1.82, 2.24) is 0 Å². The molecular weight excluding hydrogens is 304 g/mol. The summed E-state index contributed by atoms with van der Waals surface area (Å²) in [4.78, 5) is 24.9. The second-order valence-electron chi connectivity index (χ2n) is 7.59. The molecule has 24 heavy (non-hydrogen) atoms. The molecule has 3 fully saturated rings. The third-order valence-electron chi connectivity index (χ3n) is 6.07. The average Bonchev–Trinajstić information content (AvgIpc) is 3.29. The van der Waals surface area contributed by atoms with Crippen LogP contribution in [0, 0.1) is 23.7 Å². The van der Waals surface area contributed by atoms with Crippen molar-refractivity contribution in [3.05, 3.63) is 47.5 Å². The number of ether oxygens (including phenoxy) is 2. The van der Waals surface area contributed by atoms with Gasteiger partial charge in [0.1, 0.15) is 5.60 Å². The van der Waals surface area contributed by atoms with Crippen molar-refractivity contribution < 1.29 is 19.1 Å². The van der Waals surface area contributed by atoms with E-state index in [1.807, 2.05) is 25.1 Å². The van der Waals surface area contributed by atoms with Crippen LogP contribution in [0.1, 0.15) is 31.7 Å². The second kappa shape index (κ2) is 4.79. The van der Waals surface area contributed by atoms with E-state index in [4.69, 9.17) is 9.47 Å². The maximum atomic E-state index is 12.5. The van der Waals surface area contributed by atoms with E-state index in [2.05, 4.69) is 18.2 Å². The van der Waals surface area contributed by atoms with Gasteiger partial charge in [0.15, 0.2) is 0 Å². The topological polar surface area (TPSA) is 52.6 Å². The van der Waals surface area contributed by atoms with Gasteiger partial charge >= 0.3 is 11.9 Å². The molecule has 1 saturated carbocycles. The molecule has 0 aromatic heterocycles. The number of carbonyl (C=O) groups excluding carboxylic acids is 2.